The largest absolute Gasteiger partial charge is 0.492 e. The molecule has 0 aromatic heterocycles. The van der Waals surface area contributed by atoms with Crippen molar-refractivity contribution in [2.75, 3.05) is 26.7 Å². The summed E-state index contributed by atoms with van der Waals surface area (Å²) >= 11 is 0. The Morgan fingerprint density at radius 3 is 2.46 bits per heavy atom. The molecule has 2 rings (SSSR count). The van der Waals surface area contributed by atoms with Gasteiger partial charge in [0.2, 0.25) is 0 Å². The molecule has 140 valence electrons. The maximum Gasteiger partial charge on any atom is 0.317 e. The highest BCUT2D eigenvalue weighted by Gasteiger charge is 2.20. The van der Waals surface area contributed by atoms with Gasteiger partial charge in [-0.2, -0.15) is 0 Å². The molecule has 0 radical (unpaired) electrons. The minimum atomic E-state index is -0.859. The zero-order valence-electron chi connectivity index (χ0n) is 15.8. The van der Waals surface area contributed by atoms with E-state index in [1.807, 2.05) is 24.3 Å². The van der Waals surface area contributed by atoms with Gasteiger partial charge < -0.3 is 9.84 Å². The highest BCUT2D eigenvalue weighted by molar-refractivity contribution is 5.69. The Labute approximate surface area is 154 Å². The Kier molecular flexibility index (Phi) is 6.37. The fourth-order valence-corrected chi connectivity index (χ4v) is 2.71. The summed E-state index contributed by atoms with van der Waals surface area (Å²) in [5.74, 6) is -0.356. The number of likely N-dealkylation sites (N-methyl/N-ethyl adjacent to an activating group) is 1. The van der Waals surface area contributed by atoms with Crippen molar-refractivity contribution in [3.05, 3.63) is 53.8 Å². The number of hydrogen-bond acceptors (Lipinski definition) is 3. The molecule has 26 heavy (non-hydrogen) atoms. The summed E-state index contributed by atoms with van der Waals surface area (Å²) in [7, 11) is 1.75. The van der Waals surface area contributed by atoms with E-state index in [1.165, 1.54) is 12.1 Å². The van der Waals surface area contributed by atoms with Crippen LogP contribution >= 0.6 is 0 Å². The van der Waals surface area contributed by atoms with Crippen molar-refractivity contribution in [1.29, 1.82) is 0 Å². The van der Waals surface area contributed by atoms with E-state index in [9.17, 15) is 9.18 Å². The van der Waals surface area contributed by atoms with Gasteiger partial charge in [0.15, 0.2) is 0 Å². The van der Waals surface area contributed by atoms with Crippen LogP contribution < -0.4 is 4.74 Å². The molecule has 2 aromatic rings. The van der Waals surface area contributed by atoms with Crippen LogP contribution in [-0.4, -0.2) is 42.7 Å². The molecule has 2 aromatic carbocycles. The summed E-state index contributed by atoms with van der Waals surface area (Å²) in [6, 6.07) is 12.4. The summed E-state index contributed by atoms with van der Waals surface area (Å²) in [6.07, 6.45) is 0. The fourth-order valence-electron chi connectivity index (χ4n) is 2.71. The molecule has 0 saturated carbocycles. The molecule has 0 amide bonds. The lowest BCUT2D eigenvalue weighted by atomic mass is 9.84. The van der Waals surface area contributed by atoms with E-state index in [1.54, 1.807) is 18.0 Å². The van der Waals surface area contributed by atoms with Gasteiger partial charge >= 0.3 is 5.97 Å². The monoisotopic (exact) mass is 359 g/mol. The van der Waals surface area contributed by atoms with Gasteiger partial charge in [-0.3, -0.25) is 9.69 Å². The molecule has 5 heteroatoms. The second-order valence-corrected chi connectivity index (χ2v) is 7.45. The van der Waals surface area contributed by atoms with Crippen molar-refractivity contribution < 1.29 is 19.0 Å². The molecule has 0 heterocycles. The molecule has 0 spiro atoms. The minimum Gasteiger partial charge on any atom is -0.492 e. The summed E-state index contributed by atoms with van der Waals surface area (Å²) in [5, 5.41) is 8.80. The van der Waals surface area contributed by atoms with Crippen LogP contribution in [0.25, 0.3) is 11.1 Å². The number of nitrogens with zero attached hydrogens (tertiary/aromatic N) is 1. The van der Waals surface area contributed by atoms with Crippen LogP contribution in [0, 0.1) is 5.82 Å². The van der Waals surface area contributed by atoms with Gasteiger partial charge in [-0.15, -0.1) is 0 Å². The standard InChI is InChI=1S/C21H26FNO3/c1-21(2,3)18-13-16(15-6-5-7-17(22)12-15)8-9-19(18)26-11-10-23(4)14-20(24)25/h5-9,12-13H,10-11,14H2,1-4H3,(H,24,25). The first-order chi connectivity index (χ1) is 12.2. The van der Waals surface area contributed by atoms with Gasteiger partial charge in [0, 0.05) is 12.1 Å². The highest BCUT2D eigenvalue weighted by atomic mass is 19.1. The average Bonchev–Trinajstić information content (AvgIpc) is 2.53. The molecular formula is C21H26FNO3. The number of halogens is 1. The number of carboxylic acid groups (broad SMARTS) is 1. The van der Waals surface area contributed by atoms with Crippen molar-refractivity contribution in [3.8, 4) is 16.9 Å². The normalized spacial score (nSPS) is 11.6. The van der Waals surface area contributed by atoms with Crippen molar-refractivity contribution >= 4 is 5.97 Å². The van der Waals surface area contributed by atoms with E-state index >= 15 is 0 Å². The molecule has 0 aliphatic carbocycles. The first-order valence-corrected chi connectivity index (χ1v) is 8.60. The lowest BCUT2D eigenvalue weighted by molar-refractivity contribution is -0.138. The van der Waals surface area contributed by atoms with Crippen LogP contribution in [0.5, 0.6) is 5.75 Å². The third-order valence-electron chi connectivity index (χ3n) is 4.08. The van der Waals surface area contributed by atoms with Gasteiger partial charge in [0.1, 0.15) is 18.2 Å². The molecule has 0 aliphatic heterocycles. The first kappa shape index (κ1) is 19.9. The van der Waals surface area contributed by atoms with E-state index in [2.05, 4.69) is 20.8 Å². The van der Waals surface area contributed by atoms with Crippen LogP contribution in [0.2, 0.25) is 0 Å². The molecule has 0 bridgehead atoms. The second-order valence-electron chi connectivity index (χ2n) is 7.45. The number of benzene rings is 2. The van der Waals surface area contributed by atoms with Crippen LogP contribution in [0.1, 0.15) is 26.3 Å². The van der Waals surface area contributed by atoms with Gasteiger partial charge in [-0.05, 0) is 47.9 Å². The Balaban J connectivity index is 2.20. The van der Waals surface area contributed by atoms with E-state index in [0.29, 0.717) is 13.2 Å². The molecule has 4 nitrogen and oxygen atoms in total. The second kappa shape index (κ2) is 8.32. The summed E-state index contributed by atoms with van der Waals surface area (Å²) < 4.78 is 19.4. The quantitative estimate of drug-likeness (QED) is 0.805. The van der Waals surface area contributed by atoms with E-state index in [4.69, 9.17) is 9.84 Å². The predicted molar refractivity (Wildman–Crippen MR) is 101 cm³/mol. The number of carbonyl (C=O) groups is 1. The maximum atomic E-state index is 13.5. The Bertz CT molecular complexity index is 768. The summed E-state index contributed by atoms with van der Waals surface area (Å²) in [6.45, 7) is 7.19. The Morgan fingerprint density at radius 2 is 1.85 bits per heavy atom. The smallest absolute Gasteiger partial charge is 0.317 e. The van der Waals surface area contributed by atoms with Gasteiger partial charge in [0.05, 0.1) is 6.54 Å². The molecule has 0 saturated heterocycles. The maximum absolute atomic E-state index is 13.5. The number of aliphatic carboxylic acids is 1. The van der Waals surface area contributed by atoms with Crippen LogP contribution in [-0.2, 0) is 10.2 Å². The first-order valence-electron chi connectivity index (χ1n) is 8.60. The van der Waals surface area contributed by atoms with Gasteiger partial charge in [-0.25, -0.2) is 4.39 Å². The zero-order chi connectivity index (χ0) is 19.3. The summed E-state index contributed by atoms with van der Waals surface area (Å²) in [4.78, 5) is 12.4. The SMILES string of the molecule is CN(CCOc1ccc(-c2cccc(F)c2)cc1C(C)(C)C)CC(=O)O. The lowest BCUT2D eigenvalue weighted by Crippen LogP contribution is -2.30. The topological polar surface area (TPSA) is 49.8 Å². The van der Waals surface area contributed by atoms with Gasteiger partial charge in [0.25, 0.3) is 0 Å². The van der Waals surface area contributed by atoms with Crippen LogP contribution in [0.4, 0.5) is 4.39 Å². The zero-order valence-corrected chi connectivity index (χ0v) is 15.8. The number of rotatable bonds is 7. The Hall–Kier alpha value is -2.40. The van der Waals surface area contributed by atoms with Crippen LogP contribution in [0.3, 0.4) is 0 Å². The van der Waals surface area contributed by atoms with E-state index in [-0.39, 0.29) is 17.8 Å². The number of carboxylic acids is 1. The fraction of sp³-hybridized carbons (Fsp3) is 0.381. The molecule has 0 unspecified atom stereocenters. The Morgan fingerprint density at radius 1 is 1.15 bits per heavy atom. The third-order valence-corrected chi connectivity index (χ3v) is 4.08. The molecule has 0 aliphatic rings. The molecule has 0 fully saturated rings. The number of ether oxygens (including phenoxy) is 1. The van der Waals surface area contributed by atoms with Crippen molar-refractivity contribution in [2.24, 2.45) is 0 Å². The molecule has 0 atom stereocenters. The lowest BCUT2D eigenvalue weighted by Gasteiger charge is -2.24. The average molecular weight is 359 g/mol. The van der Waals surface area contributed by atoms with Crippen LogP contribution in [0.15, 0.2) is 42.5 Å². The molecule has 1 N–H and O–H groups in total. The van der Waals surface area contributed by atoms with E-state index in [0.717, 1.165) is 22.4 Å². The highest BCUT2D eigenvalue weighted by Crippen LogP contribution is 2.35. The number of hydrogen-bond donors (Lipinski definition) is 1. The minimum absolute atomic E-state index is 0.0198. The van der Waals surface area contributed by atoms with E-state index < -0.39 is 5.97 Å². The van der Waals surface area contributed by atoms with Gasteiger partial charge in [-0.1, -0.05) is 39.0 Å². The predicted octanol–water partition coefficient (Wildman–Crippen LogP) is 4.19. The van der Waals surface area contributed by atoms with Crippen molar-refractivity contribution in [2.45, 2.75) is 26.2 Å². The summed E-state index contributed by atoms with van der Waals surface area (Å²) in [5.41, 5.74) is 2.64. The molecular weight excluding hydrogens is 333 g/mol. The third kappa shape index (κ3) is 5.56. The van der Waals surface area contributed by atoms with Crippen molar-refractivity contribution in [1.82, 2.24) is 4.90 Å². The van der Waals surface area contributed by atoms with Crippen molar-refractivity contribution in [3.63, 3.8) is 0 Å².